The summed E-state index contributed by atoms with van der Waals surface area (Å²) >= 11 is 10.8. The lowest BCUT2D eigenvalue weighted by Gasteiger charge is -2.07. The van der Waals surface area contributed by atoms with Gasteiger partial charge in [-0.25, -0.2) is 0 Å². The Morgan fingerprint density at radius 1 is 1.53 bits per heavy atom. The minimum atomic E-state index is -2.40. The maximum absolute atomic E-state index is 12.7. The molecule has 0 aromatic heterocycles. The number of benzene rings is 1. The molecule has 0 radical (unpaired) electrons. The number of halogens is 3. The fraction of sp³-hybridized carbons (Fsp3) is 0.300. The molecule has 1 nitrogen and oxygen atoms in total. The number of alkyl halides is 3. The summed E-state index contributed by atoms with van der Waals surface area (Å²) in [7, 11) is 0. The number of hydrogen-bond acceptors (Lipinski definition) is 2. The van der Waals surface area contributed by atoms with E-state index < -0.39 is 3.92 Å². The molecule has 0 N–H and O–H groups in total. The van der Waals surface area contributed by atoms with Crippen molar-refractivity contribution in [3.8, 4) is 0 Å². The number of ketones is 1. The lowest BCUT2D eigenvalue weighted by atomic mass is 10.1. The zero-order valence-corrected chi connectivity index (χ0v) is 10.3. The highest BCUT2D eigenvalue weighted by atomic mass is 35.5. The maximum Gasteiger partial charge on any atom is 0.305 e. The molecule has 1 aromatic rings. The van der Waals surface area contributed by atoms with Crippen LogP contribution in [0, 0.1) is 6.92 Å². The molecule has 0 aliphatic rings. The highest BCUT2D eigenvalue weighted by Gasteiger charge is 2.24. The Morgan fingerprint density at radius 3 is 2.73 bits per heavy atom. The third kappa shape index (κ3) is 4.87. The van der Waals surface area contributed by atoms with Gasteiger partial charge in [0.05, 0.1) is 5.75 Å². The van der Waals surface area contributed by atoms with Gasteiger partial charge in [0.15, 0.2) is 5.78 Å². The first-order valence-electron chi connectivity index (χ1n) is 4.19. The zero-order valence-electron chi connectivity index (χ0n) is 7.97. The van der Waals surface area contributed by atoms with Crippen LogP contribution in [0.1, 0.15) is 15.9 Å². The first kappa shape index (κ1) is 12.8. The first-order chi connectivity index (χ1) is 6.88. The van der Waals surface area contributed by atoms with Crippen LogP contribution >= 0.6 is 35.0 Å². The number of thioether (sulfide) groups is 1. The Labute approximate surface area is 102 Å². The van der Waals surface area contributed by atoms with Crippen molar-refractivity contribution in [1.82, 2.24) is 0 Å². The Morgan fingerprint density at radius 2 is 2.20 bits per heavy atom. The first-order valence-corrected chi connectivity index (χ1v) is 5.93. The second-order valence-electron chi connectivity index (χ2n) is 3.03. The van der Waals surface area contributed by atoms with E-state index in [0.29, 0.717) is 17.3 Å². The van der Waals surface area contributed by atoms with Gasteiger partial charge < -0.3 is 0 Å². The number of carbonyl (C=O) groups excluding carboxylic acids is 1. The molecule has 0 spiro atoms. The van der Waals surface area contributed by atoms with Crippen LogP contribution in [0.2, 0.25) is 0 Å². The number of hydrogen-bond donors (Lipinski definition) is 0. The smallest absolute Gasteiger partial charge is 0.293 e. The average molecular weight is 267 g/mol. The van der Waals surface area contributed by atoms with Crippen LogP contribution in [-0.4, -0.2) is 15.5 Å². The molecule has 0 unspecified atom stereocenters. The monoisotopic (exact) mass is 266 g/mol. The van der Waals surface area contributed by atoms with Gasteiger partial charge in [-0.3, -0.25) is 4.79 Å². The SMILES string of the molecule is Cc1cccc(C(=O)CSC(F)(Cl)Cl)c1. The Hall–Kier alpha value is -0.250. The van der Waals surface area contributed by atoms with Crippen molar-refractivity contribution in [2.24, 2.45) is 0 Å². The zero-order chi connectivity index (χ0) is 11.5. The van der Waals surface area contributed by atoms with Crippen molar-refractivity contribution in [1.29, 1.82) is 0 Å². The second kappa shape index (κ2) is 5.19. The molecule has 0 saturated heterocycles. The van der Waals surface area contributed by atoms with Crippen LogP contribution in [0.3, 0.4) is 0 Å². The van der Waals surface area contributed by atoms with Gasteiger partial charge in [-0.1, -0.05) is 58.7 Å². The van der Waals surface area contributed by atoms with Crippen molar-refractivity contribution in [3.63, 3.8) is 0 Å². The van der Waals surface area contributed by atoms with Crippen LogP contribution in [0.4, 0.5) is 4.39 Å². The summed E-state index contributed by atoms with van der Waals surface area (Å²) < 4.78 is 10.3. The van der Waals surface area contributed by atoms with E-state index in [1.165, 1.54) is 0 Å². The minimum absolute atomic E-state index is 0.0764. The summed E-state index contributed by atoms with van der Waals surface area (Å²) in [5, 5.41) is 0. The summed E-state index contributed by atoms with van der Waals surface area (Å²) in [4.78, 5) is 11.5. The predicted molar refractivity (Wildman–Crippen MR) is 63.5 cm³/mol. The number of Topliss-reactive ketones (excluding diaryl/α,β-unsaturated/α-hetero) is 1. The van der Waals surface area contributed by atoms with Gasteiger partial charge in [0.25, 0.3) is 0 Å². The normalized spacial score (nSPS) is 11.5. The Balaban J connectivity index is 2.62. The quantitative estimate of drug-likeness (QED) is 0.606. The van der Waals surface area contributed by atoms with E-state index in [2.05, 4.69) is 0 Å². The van der Waals surface area contributed by atoms with Crippen LogP contribution in [-0.2, 0) is 0 Å². The molecule has 0 fully saturated rings. The molecule has 0 aliphatic carbocycles. The van der Waals surface area contributed by atoms with Gasteiger partial charge in [0, 0.05) is 5.56 Å². The van der Waals surface area contributed by atoms with E-state index in [-0.39, 0.29) is 11.5 Å². The molecule has 82 valence electrons. The van der Waals surface area contributed by atoms with Gasteiger partial charge in [-0.05, 0) is 13.0 Å². The molecule has 15 heavy (non-hydrogen) atoms. The van der Waals surface area contributed by atoms with Gasteiger partial charge >= 0.3 is 3.92 Å². The Bertz CT molecular complexity index is 363. The fourth-order valence-electron chi connectivity index (χ4n) is 1.05. The molecule has 0 saturated carbocycles. The lowest BCUT2D eigenvalue weighted by Crippen LogP contribution is -2.07. The molecule has 0 heterocycles. The molecular formula is C10H9Cl2FOS. The second-order valence-corrected chi connectivity index (χ2v) is 5.85. The van der Waals surface area contributed by atoms with Gasteiger partial charge in [0.1, 0.15) is 0 Å². The summed E-state index contributed by atoms with van der Waals surface area (Å²) in [5.74, 6) is -0.264. The average Bonchev–Trinajstić information content (AvgIpc) is 2.13. The summed E-state index contributed by atoms with van der Waals surface area (Å²) in [6.45, 7) is 1.88. The van der Waals surface area contributed by atoms with Crippen LogP contribution in [0.25, 0.3) is 0 Å². The van der Waals surface area contributed by atoms with Crippen molar-refractivity contribution in [2.75, 3.05) is 5.75 Å². The van der Waals surface area contributed by atoms with E-state index in [9.17, 15) is 9.18 Å². The summed E-state index contributed by atoms with van der Waals surface area (Å²) in [5.41, 5.74) is 1.52. The summed E-state index contributed by atoms with van der Waals surface area (Å²) in [6.07, 6.45) is 0. The van der Waals surface area contributed by atoms with Gasteiger partial charge in [-0.15, -0.1) is 0 Å². The molecule has 0 bridgehead atoms. The number of rotatable bonds is 4. The van der Waals surface area contributed by atoms with E-state index in [0.717, 1.165) is 5.56 Å². The van der Waals surface area contributed by atoms with Gasteiger partial charge in [0.2, 0.25) is 0 Å². The minimum Gasteiger partial charge on any atom is -0.293 e. The van der Waals surface area contributed by atoms with Crippen LogP contribution < -0.4 is 0 Å². The predicted octanol–water partition coefficient (Wildman–Crippen LogP) is 3.97. The van der Waals surface area contributed by atoms with E-state index in [1.54, 1.807) is 18.2 Å². The topological polar surface area (TPSA) is 17.1 Å². The van der Waals surface area contributed by atoms with E-state index in [4.69, 9.17) is 23.2 Å². The standard InChI is InChI=1S/C10H9Cl2FOS/c1-7-3-2-4-8(5-7)9(14)6-15-10(11,12)13/h2-5H,6H2,1H3. The lowest BCUT2D eigenvalue weighted by molar-refractivity contribution is 0.102. The highest BCUT2D eigenvalue weighted by molar-refractivity contribution is 8.03. The molecule has 1 aromatic carbocycles. The number of aryl methyl sites for hydroxylation is 1. The van der Waals surface area contributed by atoms with E-state index >= 15 is 0 Å². The summed E-state index contributed by atoms with van der Waals surface area (Å²) in [6, 6.07) is 7.08. The molecule has 0 amide bonds. The van der Waals surface area contributed by atoms with Gasteiger partial charge in [-0.2, -0.15) is 4.39 Å². The molecule has 5 heteroatoms. The third-order valence-electron chi connectivity index (χ3n) is 1.71. The highest BCUT2D eigenvalue weighted by Crippen LogP contribution is 2.36. The fourth-order valence-corrected chi connectivity index (χ4v) is 1.84. The molecular weight excluding hydrogens is 258 g/mol. The number of carbonyl (C=O) groups is 1. The van der Waals surface area contributed by atoms with Crippen molar-refractivity contribution < 1.29 is 9.18 Å². The molecule has 0 aliphatic heterocycles. The Kier molecular flexibility index (Phi) is 4.44. The van der Waals surface area contributed by atoms with Crippen molar-refractivity contribution in [2.45, 2.75) is 10.8 Å². The largest absolute Gasteiger partial charge is 0.305 e. The van der Waals surface area contributed by atoms with Crippen molar-refractivity contribution in [3.05, 3.63) is 35.4 Å². The van der Waals surface area contributed by atoms with Crippen LogP contribution in [0.15, 0.2) is 24.3 Å². The van der Waals surface area contributed by atoms with Crippen LogP contribution in [0.5, 0.6) is 0 Å². The van der Waals surface area contributed by atoms with E-state index in [1.807, 2.05) is 13.0 Å². The third-order valence-corrected chi connectivity index (χ3v) is 3.10. The van der Waals surface area contributed by atoms with Crippen molar-refractivity contribution >= 4 is 40.7 Å². The maximum atomic E-state index is 12.7. The molecule has 0 atom stereocenters. The molecule has 1 rings (SSSR count).